The average Bonchev–Trinajstić information content (AvgIpc) is 2.60. The van der Waals surface area contributed by atoms with Crippen LogP contribution in [-0.2, 0) is 11.3 Å². The van der Waals surface area contributed by atoms with Crippen LogP contribution in [0.25, 0.3) is 0 Å². The molecule has 0 saturated heterocycles. The molecule has 0 spiro atoms. The van der Waals surface area contributed by atoms with Crippen LogP contribution in [-0.4, -0.2) is 32.7 Å². The Kier molecular flexibility index (Phi) is 7.29. The van der Waals surface area contributed by atoms with Gasteiger partial charge >= 0.3 is 0 Å². The summed E-state index contributed by atoms with van der Waals surface area (Å²) >= 11 is 0. The van der Waals surface area contributed by atoms with Gasteiger partial charge in [-0.25, -0.2) is 0 Å². The number of benzene rings is 2. The lowest BCUT2D eigenvalue weighted by Gasteiger charge is -2.22. The molecular formula is C20H28N4O. The van der Waals surface area contributed by atoms with Gasteiger partial charge in [0.15, 0.2) is 5.96 Å². The van der Waals surface area contributed by atoms with Crippen molar-refractivity contribution in [3.8, 4) is 0 Å². The predicted octanol–water partition coefficient (Wildman–Crippen LogP) is 3.39. The van der Waals surface area contributed by atoms with Crippen molar-refractivity contribution in [2.45, 2.75) is 20.5 Å². The number of guanidine groups is 1. The molecule has 2 aromatic rings. The van der Waals surface area contributed by atoms with Gasteiger partial charge in [-0.15, -0.1) is 0 Å². The quantitative estimate of drug-likeness (QED) is 0.571. The van der Waals surface area contributed by atoms with E-state index in [1.54, 1.807) is 7.11 Å². The van der Waals surface area contributed by atoms with E-state index in [9.17, 15) is 0 Å². The fraction of sp³-hybridized carbons (Fsp3) is 0.350. The van der Waals surface area contributed by atoms with E-state index in [2.05, 4.69) is 53.3 Å². The summed E-state index contributed by atoms with van der Waals surface area (Å²) < 4.78 is 5.21. The third-order valence-electron chi connectivity index (χ3n) is 3.98. The molecule has 0 fully saturated rings. The van der Waals surface area contributed by atoms with Crippen molar-refractivity contribution in [2.75, 3.05) is 37.0 Å². The van der Waals surface area contributed by atoms with Gasteiger partial charge in [0, 0.05) is 37.1 Å². The molecule has 0 aliphatic rings. The lowest BCUT2D eigenvalue weighted by atomic mass is 10.2. The number of ether oxygens (including phenoxy) is 1. The van der Waals surface area contributed by atoms with Crippen molar-refractivity contribution in [2.24, 2.45) is 10.7 Å². The van der Waals surface area contributed by atoms with Gasteiger partial charge in [0.05, 0.1) is 13.2 Å². The minimum Gasteiger partial charge on any atom is -0.380 e. The molecule has 0 bridgehead atoms. The Balaban J connectivity index is 1.94. The van der Waals surface area contributed by atoms with Crippen LogP contribution in [0, 0.1) is 6.92 Å². The Morgan fingerprint density at radius 1 is 1.20 bits per heavy atom. The van der Waals surface area contributed by atoms with Crippen LogP contribution in [0.5, 0.6) is 0 Å². The zero-order valence-corrected chi connectivity index (χ0v) is 15.3. The minimum atomic E-state index is 0.420. The van der Waals surface area contributed by atoms with E-state index in [-0.39, 0.29) is 0 Å². The SMILES string of the molecule is CCN(CCN=C(N)Nc1ccccc1COC)c1cccc(C)c1. The summed E-state index contributed by atoms with van der Waals surface area (Å²) in [7, 11) is 1.68. The number of rotatable bonds is 8. The Labute approximate surface area is 150 Å². The first-order valence-corrected chi connectivity index (χ1v) is 8.59. The van der Waals surface area contributed by atoms with E-state index in [0.717, 1.165) is 24.3 Å². The fourth-order valence-corrected chi connectivity index (χ4v) is 2.69. The molecule has 0 aliphatic carbocycles. The Hall–Kier alpha value is -2.53. The van der Waals surface area contributed by atoms with Crippen LogP contribution >= 0.6 is 0 Å². The topological polar surface area (TPSA) is 62.9 Å². The van der Waals surface area contributed by atoms with E-state index in [1.807, 2.05) is 24.3 Å². The van der Waals surface area contributed by atoms with E-state index in [0.29, 0.717) is 19.1 Å². The van der Waals surface area contributed by atoms with Crippen molar-refractivity contribution in [1.29, 1.82) is 0 Å². The number of anilines is 2. The molecule has 5 heteroatoms. The highest BCUT2D eigenvalue weighted by molar-refractivity contribution is 5.93. The van der Waals surface area contributed by atoms with Gasteiger partial charge in [-0.05, 0) is 37.6 Å². The van der Waals surface area contributed by atoms with Gasteiger partial charge in [0.2, 0.25) is 0 Å². The summed E-state index contributed by atoms with van der Waals surface area (Å²) in [6.45, 7) is 7.18. The molecular weight excluding hydrogens is 312 g/mol. The van der Waals surface area contributed by atoms with Crippen LogP contribution in [0.15, 0.2) is 53.5 Å². The second kappa shape index (κ2) is 9.69. The number of hydrogen-bond donors (Lipinski definition) is 2. The molecule has 2 rings (SSSR count). The van der Waals surface area contributed by atoms with Gasteiger partial charge in [0.1, 0.15) is 0 Å². The zero-order chi connectivity index (χ0) is 18.1. The van der Waals surface area contributed by atoms with Gasteiger partial charge < -0.3 is 20.7 Å². The number of nitrogens with one attached hydrogen (secondary N) is 1. The molecule has 0 unspecified atom stereocenters. The molecule has 0 saturated carbocycles. The molecule has 25 heavy (non-hydrogen) atoms. The van der Waals surface area contributed by atoms with Gasteiger partial charge in [-0.3, -0.25) is 4.99 Å². The van der Waals surface area contributed by atoms with Gasteiger partial charge in [-0.2, -0.15) is 0 Å². The highest BCUT2D eigenvalue weighted by Crippen LogP contribution is 2.16. The van der Waals surface area contributed by atoms with Crippen molar-refractivity contribution >= 4 is 17.3 Å². The Morgan fingerprint density at radius 3 is 2.72 bits per heavy atom. The van der Waals surface area contributed by atoms with Crippen LogP contribution in [0.4, 0.5) is 11.4 Å². The van der Waals surface area contributed by atoms with Crippen molar-refractivity contribution in [3.63, 3.8) is 0 Å². The van der Waals surface area contributed by atoms with E-state index in [1.165, 1.54) is 11.3 Å². The maximum absolute atomic E-state index is 6.04. The number of likely N-dealkylation sites (N-methyl/N-ethyl adjacent to an activating group) is 1. The van der Waals surface area contributed by atoms with E-state index in [4.69, 9.17) is 10.5 Å². The van der Waals surface area contributed by atoms with Crippen LogP contribution in [0.3, 0.4) is 0 Å². The lowest BCUT2D eigenvalue weighted by Crippen LogP contribution is -2.28. The largest absolute Gasteiger partial charge is 0.380 e. The van der Waals surface area contributed by atoms with E-state index >= 15 is 0 Å². The van der Waals surface area contributed by atoms with Gasteiger partial charge in [0.25, 0.3) is 0 Å². The first-order chi connectivity index (χ1) is 12.1. The third kappa shape index (κ3) is 5.80. The first kappa shape index (κ1) is 18.8. The van der Waals surface area contributed by atoms with E-state index < -0.39 is 0 Å². The van der Waals surface area contributed by atoms with Crippen molar-refractivity contribution in [1.82, 2.24) is 0 Å². The Morgan fingerprint density at radius 2 is 2.00 bits per heavy atom. The lowest BCUT2D eigenvalue weighted by molar-refractivity contribution is 0.185. The maximum atomic E-state index is 6.04. The highest BCUT2D eigenvalue weighted by atomic mass is 16.5. The standard InChI is InChI=1S/C20H28N4O/c1-4-24(18-10-7-8-16(2)14-18)13-12-22-20(21)23-19-11-6-5-9-17(19)15-25-3/h5-11,14H,4,12-13,15H2,1-3H3,(H3,21,22,23). The Bertz CT molecular complexity index is 700. The number of methoxy groups -OCH3 is 1. The van der Waals surface area contributed by atoms with Crippen LogP contribution in [0.2, 0.25) is 0 Å². The number of aliphatic imine (C=N–C) groups is 1. The average molecular weight is 340 g/mol. The summed E-state index contributed by atoms with van der Waals surface area (Å²) in [5.74, 6) is 0.420. The normalized spacial score (nSPS) is 11.4. The third-order valence-corrected chi connectivity index (χ3v) is 3.98. The van der Waals surface area contributed by atoms with Crippen molar-refractivity contribution < 1.29 is 4.74 Å². The summed E-state index contributed by atoms with van der Waals surface area (Å²) in [6, 6.07) is 16.4. The molecule has 2 aromatic carbocycles. The van der Waals surface area contributed by atoms with Crippen LogP contribution < -0.4 is 16.0 Å². The molecule has 134 valence electrons. The first-order valence-electron chi connectivity index (χ1n) is 8.59. The summed E-state index contributed by atoms with van der Waals surface area (Å²) in [5, 5.41) is 3.17. The number of para-hydroxylation sites is 1. The second-order valence-corrected chi connectivity index (χ2v) is 5.90. The second-order valence-electron chi connectivity index (χ2n) is 5.90. The predicted molar refractivity (Wildman–Crippen MR) is 106 cm³/mol. The molecule has 5 nitrogen and oxygen atoms in total. The number of nitrogens with two attached hydrogens (primary N) is 1. The molecule has 0 aliphatic heterocycles. The molecule has 0 radical (unpaired) electrons. The minimum absolute atomic E-state index is 0.420. The smallest absolute Gasteiger partial charge is 0.193 e. The maximum Gasteiger partial charge on any atom is 0.193 e. The molecule has 0 heterocycles. The summed E-state index contributed by atoms with van der Waals surface area (Å²) in [4.78, 5) is 6.75. The zero-order valence-electron chi connectivity index (χ0n) is 15.3. The fourth-order valence-electron chi connectivity index (χ4n) is 2.69. The number of hydrogen-bond acceptors (Lipinski definition) is 3. The summed E-state index contributed by atoms with van der Waals surface area (Å²) in [6.07, 6.45) is 0. The molecule has 3 N–H and O–H groups in total. The number of aryl methyl sites for hydroxylation is 1. The molecule has 0 aromatic heterocycles. The van der Waals surface area contributed by atoms with Crippen LogP contribution in [0.1, 0.15) is 18.1 Å². The van der Waals surface area contributed by atoms with Gasteiger partial charge in [-0.1, -0.05) is 30.3 Å². The summed E-state index contributed by atoms with van der Waals surface area (Å²) in [5.41, 5.74) is 10.5. The highest BCUT2D eigenvalue weighted by Gasteiger charge is 2.05. The molecule has 0 atom stereocenters. The number of nitrogens with zero attached hydrogens (tertiary/aromatic N) is 2. The van der Waals surface area contributed by atoms with Crippen molar-refractivity contribution in [3.05, 3.63) is 59.7 Å². The monoisotopic (exact) mass is 340 g/mol. The molecule has 0 amide bonds.